The van der Waals surface area contributed by atoms with Gasteiger partial charge in [-0.15, -0.1) is 0 Å². The molecular weight excluding hydrogens is 378 g/mol. The molecule has 1 fully saturated rings. The van der Waals surface area contributed by atoms with Gasteiger partial charge < -0.3 is 20.1 Å². The fraction of sp³-hybridized carbons (Fsp3) is 0.650. The molecule has 1 aliphatic heterocycles. The van der Waals surface area contributed by atoms with Gasteiger partial charge in [-0.1, -0.05) is 18.2 Å². The number of hydrogen-bond acceptors (Lipinski definition) is 5. The molecule has 0 aliphatic carbocycles. The third-order valence-electron chi connectivity index (χ3n) is 4.37. The summed E-state index contributed by atoms with van der Waals surface area (Å²) >= 11 is 0. The van der Waals surface area contributed by atoms with Crippen molar-refractivity contribution in [1.82, 2.24) is 10.6 Å². The van der Waals surface area contributed by atoms with Gasteiger partial charge in [0, 0.05) is 32.8 Å². The minimum absolute atomic E-state index is 0.0942. The van der Waals surface area contributed by atoms with Crippen molar-refractivity contribution in [2.45, 2.75) is 43.6 Å². The first-order valence-electron chi connectivity index (χ1n) is 10.1. The molecule has 1 aromatic rings. The van der Waals surface area contributed by atoms with Gasteiger partial charge >= 0.3 is 0 Å². The predicted octanol–water partition coefficient (Wildman–Crippen LogP) is 1.99. The van der Waals surface area contributed by atoms with Crippen molar-refractivity contribution < 1.29 is 17.9 Å². The summed E-state index contributed by atoms with van der Waals surface area (Å²) in [6, 6.07) is 8.55. The highest BCUT2D eigenvalue weighted by molar-refractivity contribution is 7.91. The molecule has 1 atom stereocenters. The Hall–Kier alpha value is -1.64. The van der Waals surface area contributed by atoms with Crippen LogP contribution in [0, 0.1) is 0 Å². The summed E-state index contributed by atoms with van der Waals surface area (Å²) in [5.41, 5.74) is 0. The Morgan fingerprint density at radius 3 is 2.79 bits per heavy atom. The van der Waals surface area contributed by atoms with Crippen molar-refractivity contribution in [2.24, 2.45) is 4.99 Å². The SMILES string of the molecule is CCNC(=NCCCS(=O)(=O)c1ccccc1)NCCCOCC1CCCO1. The second kappa shape index (κ2) is 12.7. The van der Waals surface area contributed by atoms with Gasteiger partial charge in [0.15, 0.2) is 15.8 Å². The minimum Gasteiger partial charge on any atom is -0.379 e. The lowest BCUT2D eigenvalue weighted by molar-refractivity contribution is 0.0168. The van der Waals surface area contributed by atoms with Crippen LogP contribution in [0.4, 0.5) is 0 Å². The normalized spacial score (nSPS) is 17.6. The predicted molar refractivity (Wildman–Crippen MR) is 112 cm³/mol. The van der Waals surface area contributed by atoms with E-state index in [1.54, 1.807) is 24.3 Å². The third kappa shape index (κ3) is 8.58. The zero-order chi connectivity index (χ0) is 20.1. The van der Waals surface area contributed by atoms with Crippen LogP contribution in [0.2, 0.25) is 0 Å². The van der Waals surface area contributed by atoms with Crippen LogP contribution in [0.15, 0.2) is 40.2 Å². The Kier molecular flexibility index (Phi) is 10.3. The van der Waals surface area contributed by atoms with Crippen LogP contribution in [-0.2, 0) is 19.3 Å². The van der Waals surface area contributed by atoms with E-state index in [2.05, 4.69) is 15.6 Å². The lowest BCUT2D eigenvalue weighted by Crippen LogP contribution is -2.38. The van der Waals surface area contributed by atoms with Crippen molar-refractivity contribution in [2.75, 3.05) is 45.2 Å². The third-order valence-corrected chi connectivity index (χ3v) is 6.19. The molecule has 1 aliphatic rings. The zero-order valence-electron chi connectivity index (χ0n) is 16.7. The number of guanidine groups is 1. The highest BCUT2D eigenvalue weighted by atomic mass is 32.2. The summed E-state index contributed by atoms with van der Waals surface area (Å²) in [6.07, 6.45) is 3.84. The molecule has 2 N–H and O–H groups in total. The van der Waals surface area contributed by atoms with Gasteiger partial charge in [-0.25, -0.2) is 8.42 Å². The van der Waals surface area contributed by atoms with Gasteiger partial charge in [-0.2, -0.15) is 0 Å². The second-order valence-corrected chi connectivity index (χ2v) is 8.85. The van der Waals surface area contributed by atoms with Crippen molar-refractivity contribution in [3.63, 3.8) is 0 Å². The van der Waals surface area contributed by atoms with E-state index in [1.165, 1.54) is 0 Å². The first-order valence-corrected chi connectivity index (χ1v) is 11.8. The largest absolute Gasteiger partial charge is 0.379 e. The average molecular weight is 412 g/mol. The number of hydrogen-bond donors (Lipinski definition) is 2. The Labute approximate surface area is 168 Å². The van der Waals surface area contributed by atoms with Crippen LogP contribution in [0.25, 0.3) is 0 Å². The van der Waals surface area contributed by atoms with Crippen LogP contribution in [0.5, 0.6) is 0 Å². The van der Waals surface area contributed by atoms with E-state index in [4.69, 9.17) is 9.47 Å². The van der Waals surface area contributed by atoms with Crippen molar-refractivity contribution in [3.05, 3.63) is 30.3 Å². The van der Waals surface area contributed by atoms with Crippen molar-refractivity contribution in [3.8, 4) is 0 Å². The molecule has 28 heavy (non-hydrogen) atoms. The van der Waals surface area contributed by atoms with Crippen molar-refractivity contribution in [1.29, 1.82) is 0 Å². The van der Waals surface area contributed by atoms with Gasteiger partial charge in [-0.05, 0) is 44.7 Å². The number of sulfone groups is 1. The topological polar surface area (TPSA) is 89.0 Å². The van der Waals surface area contributed by atoms with Crippen LogP contribution < -0.4 is 10.6 Å². The molecule has 1 aromatic carbocycles. The molecule has 1 saturated heterocycles. The molecule has 158 valence electrons. The van der Waals surface area contributed by atoms with E-state index in [9.17, 15) is 8.42 Å². The highest BCUT2D eigenvalue weighted by Gasteiger charge is 2.15. The molecule has 0 bridgehead atoms. The number of nitrogens with one attached hydrogen (secondary N) is 2. The van der Waals surface area contributed by atoms with Gasteiger partial charge in [0.1, 0.15) is 0 Å². The number of aliphatic imine (C=N–C) groups is 1. The Balaban J connectivity index is 1.62. The molecule has 0 spiro atoms. The van der Waals surface area contributed by atoms with E-state index < -0.39 is 9.84 Å². The highest BCUT2D eigenvalue weighted by Crippen LogP contribution is 2.12. The molecule has 8 heteroatoms. The van der Waals surface area contributed by atoms with E-state index in [1.807, 2.05) is 13.0 Å². The standard InChI is InChI=1S/C20H33N3O4S/c1-2-21-20(22-12-7-14-26-17-18-9-6-15-27-18)23-13-8-16-28(24,25)19-10-4-3-5-11-19/h3-5,10-11,18H,2,6-9,12-17H2,1H3,(H2,21,22,23). The molecule has 0 radical (unpaired) electrons. The summed E-state index contributed by atoms with van der Waals surface area (Å²) in [5.74, 6) is 0.801. The number of ether oxygens (including phenoxy) is 2. The van der Waals surface area contributed by atoms with E-state index in [0.717, 1.165) is 39.0 Å². The van der Waals surface area contributed by atoms with Gasteiger partial charge in [0.25, 0.3) is 0 Å². The second-order valence-electron chi connectivity index (χ2n) is 6.74. The van der Waals surface area contributed by atoms with E-state index in [0.29, 0.717) is 37.0 Å². The first-order chi connectivity index (χ1) is 13.6. The summed E-state index contributed by atoms with van der Waals surface area (Å²) < 4.78 is 35.7. The molecule has 0 amide bonds. The zero-order valence-corrected chi connectivity index (χ0v) is 17.5. The quantitative estimate of drug-likeness (QED) is 0.311. The average Bonchev–Trinajstić information content (AvgIpc) is 3.22. The fourth-order valence-electron chi connectivity index (χ4n) is 2.90. The Morgan fingerprint density at radius 1 is 1.25 bits per heavy atom. The van der Waals surface area contributed by atoms with E-state index >= 15 is 0 Å². The van der Waals surface area contributed by atoms with Gasteiger partial charge in [0.05, 0.1) is 23.4 Å². The first kappa shape index (κ1) is 22.6. The van der Waals surface area contributed by atoms with Crippen molar-refractivity contribution >= 4 is 15.8 Å². The number of rotatable bonds is 12. The summed E-state index contributed by atoms with van der Waals surface area (Å²) in [4.78, 5) is 4.83. The molecular formula is C20H33N3O4S. The fourth-order valence-corrected chi connectivity index (χ4v) is 4.22. The summed E-state index contributed by atoms with van der Waals surface area (Å²) in [7, 11) is -3.24. The van der Waals surface area contributed by atoms with Crippen LogP contribution in [-0.4, -0.2) is 65.7 Å². The maximum Gasteiger partial charge on any atom is 0.191 e. The lowest BCUT2D eigenvalue weighted by atomic mass is 10.2. The molecule has 0 aromatic heterocycles. The van der Waals surface area contributed by atoms with Gasteiger partial charge in [0.2, 0.25) is 0 Å². The Morgan fingerprint density at radius 2 is 2.07 bits per heavy atom. The lowest BCUT2D eigenvalue weighted by Gasteiger charge is -2.12. The monoisotopic (exact) mass is 411 g/mol. The van der Waals surface area contributed by atoms with Crippen LogP contribution in [0.3, 0.4) is 0 Å². The summed E-state index contributed by atoms with van der Waals surface area (Å²) in [6.45, 7) is 6.17. The number of nitrogens with zero attached hydrogens (tertiary/aromatic N) is 1. The smallest absolute Gasteiger partial charge is 0.191 e. The van der Waals surface area contributed by atoms with Crippen LogP contribution in [0.1, 0.15) is 32.6 Å². The molecule has 1 heterocycles. The number of benzene rings is 1. The molecule has 1 unspecified atom stereocenters. The minimum atomic E-state index is -3.24. The maximum atomic E-state index is 12.3. The van der Waals surface area contributed by atoms with E-state index in [-0.39, 0.29) is 11.9 Å². The maximum absolute atomic E-state index is 12.3. The van der Waals surface area contributed by atoms with Crippen LogP contribution >= 0.6 is 0 Å². The summed E-state index contributed by atoms with van der Waals surface area (Å²) in [5, 5.41) is 6.43. The Bertz CT molecular complexity index is 674. The molecule has 7 nitrogen and oxygen atoms in total. The molecule has 2 rings (SSSR count). The van der Waals surface area contributed by atoms with Gasteiger partial charge in [-0.3, -0.25) is 4.99 Å². The molecule has 0 saturated carbocycles.